The molecule has 0 saturated heterocycles. The fraction of sp³-hybridized carbons (Fsp3) is 0.474. The molecule has 1 aliphatic carbocycles. The van der Waals surface area contributed by atoms with E-state index in [4.69, 9.17) is 0 Å². The predicted octanol–water partition coefficient (Wildman–Crippen LogP) is 4.41. The van der Waals surface area contributed by atoms with Crippen LogP contribution in [-0.2, 0) is 4.79 Å². The molecule has 1 aromatic heterocycles. The molecule has 1 aliphatic rings. The van der Waals surface area contributed by atoms with Crippen molar-refractivity contribution >= 4 is 28.6 Å². The van der Waals surface area contributed by atoms with Crippen molar-refractivity contribution in [2.75, 3.05) is 0 Å². The summed E-state index contributed by atoms with van der Waals surface area (Å²) in [6.45, 7) is 4.21. The second-order valence-electron chi connectivity index (χ2n) is 6.48. The van der Waals surface area contributed by atoms with Gasteiger partial charge in [-0.1, -0.05) is 55.8 Å². The van der Waals surface area contributed by atoms with E-state index in [1.54, 1.807) is 0 Å². The first-order valence-corrected chi connectivity index (χ1v) is 9.34. The number of pyridine rings is 1. The average Bonchev–Trinajstić information content (AvgIpc) is 2.56. The molecule has 1 saturated carbocycles. The maximum Gasteiger partial charge on any atom is 0.233 e. The van der Waals surface area contributed by atoms with Crippen LogP contribution in [0.4, 0.5) is 0 Å². The Balaban J connectivity index is 1.62. The van der Waals surface area contributed by atoms with Gasteiger partial charge in [0.25, 0.3) is 0 Å². The Kier molecular flexibility index (Phi) is 5.21. The Bertz CT molecular complexity index is 688. The molecule has 1 amide bonds. The SMILES string of the molecule is C[C@H](Sc1ccc2ccccc2n1)C(=O)N[C@H]1CCCC[C@@H]1C. The summed E-state index contributed by atoms with van der Waals surface area (Å²) in [5, 5.41) is 5.15. The molecule has 0 radical (unpaired) electrons. The van der Waals surface area contributed by atoms with Crippen LogP contribution >= 0.6 is 11.8 Å². The highest BCUT2D eigenvalue weighted by Crippen LogP contribution is 2.26. The van der Waals surface area contributed by atoms with Crippen LogP contribution in [0.25, 0.3) is 10.9 Å². The van der Waals surface area contributed by atoms with E-state index in [0.717, 1.165) is 22.3 Å². The Morgan fingerprint density at radius 3 is 2.83 bits per heavy atom. The highest BCUT2D eigenvalue weighted by atomic mass is 32.2. The van der Waals surface area contributed by atoms with Gasteiger partial charge in [0.2, 0.25) is 5.91 Å². The molecule has 1 aromatic carbocycles. The second-order valence-corrected chi connectivity index (χ2v) is 7.84. The lowest BCUT2D eigenvalue weighted by atomic mass is 9.86. The van der Waals surface area contributed by atoms with Gasteiger partial charge in [-0.2, -0.15) is 0 Å². The van der Waals surface area contributed by atoms with Crippen molar-refractivity contribution in [2.24, 2.45) is 5.92 Å². The van der Waals surface area contributed by atoms with Crippen LogP contribution in [0.2, 0.25) is 0 Å². The number of nitrogens with zero attached hydrogens (tertiary/aromatic N) is 1. The lowest BCUT2D eigenvalue weighted by Crippen LogP contribution is -2.44. The van der Waals surface area contributed by atoms with Gasteiger partial charge >= 0.3 is 0 Å². The summed E-state index contributed by atoms with van der Waals surface area (Å²) in [4.78, 5) is 17.1. The molecule has 0 aliphatic heterocycles. The first kappa shape index (κ1) is 16.3. The molecule has 1 N–H and O–H groups in total. The van der Waals surface area contributed by atoms with Crippen LogP contribution in [0.5, 0.6) is 0 Å². The quantitative estimate of drug-likeness (QED) is 0.845. The molecule has 4 heteroatoms. The minimum Gasteiger partial charge on any atom is -0.352 e. The molecule has 23 heavy (non-hydrogen) atoms. The second kappa shape index (κ2) is 7.35. The zero-order valence-electron chi connectivity index (χ0n) is 13.8. The maximum absolute atomic E-state index is 12.5. The van der Waals surface area contributed by atoms with Crippen molar-refractivity contribution in [2.45, 2.75) is 55.8 Å². The fourth-order valence-corrected chi connectivity index (χ4v) is 4.01. The van der Waals surface area contributed by atoms with E-state index >= 15 is 0 Å². The molecular formula is C19H24N2OS. The lowest BCUT2D eigenvalue weighted by molar-refractivity contribution is -0.121. The van der Waals surface area contributed by atoms with Gasteiger partial charge in [-0.3, -0.25) is 4.79 Å². The molecular weight excluding hydrogens is 304 g/mol. The summed E-state index contributed by atoms with van der Waals surface area (Å²) in [7, 11) is 0. The standard InChI is InChI=1S/C19H24N2OS/c1-13-7-3-5-9-16(13)21-19(22)14(2)23-18-12-11-15-8-4-6-10-17(15)20-18/h4,6,8,10-14,16H,3,5,7,9H2,1-2H3,(H,21,22)/t13-,14-,16-/m0/s1. The molecule has 1 heterocycles. The van der Waals surface area contributed by atoms with Crippen molar-refractivity contribution in [1.29, 1.82) is 0 Å². The van der Waals surface area contributed by atoms with Crippen LogP contribution in [0.1, 0.15) is 39.5 Å². The number of thioether (sulfide) groups is 1. The third-order valence-corrected chi connectivity index (χ3v) is 5.72. The molecule has 2 aromatic rings. The zero-order chi connectivity index (χ0) is 16.2. The Morgan fingerprint density at radius 2 is 2.00 bits per heavy atom. The number of rotatable bonds is 4. The average molecular weight is 328 g/mol. The van der Waals surface area contributed by atoms with Gasteiger partial charge in [0.15, 0.2) is 0 Å². The van der Waals surface area contributed by atoms with Gasteiger partial charge in [0.1, 0.15) is 0 Å². The lowest BCUT2D eigenvalue weighted by Gasteiger charge is -2.30. The molecule has 1 fully saturated rings. The van der Waals surface area contributed by atoms with Crippen LogP contribution in [0, 0.1) is 5.92 Å². The van der Waals surface area contributed by atoms with E-state index in [0.29, 0.717) is 12.0 Å². The fourth-order valence-electron chi connectivity index (χ4n) is 3.18. The molecule has 3 rings (SSSR count). The molecule has 3 nitrogen and oxygen atoms in total. The summed E-state index contributed by atoms with van der Waals surface area (Å²) in [6.07, 6.45) is 4.85. The van der Waals surface area contributed by atoms with Crippen LogP contribution in [0.15, 0.2) is 41.4 Å². The Morgan fingerprint density at radius 1 is 1.22 bits per heavy atom. The van der Waals surface area contributed by atoms with Gasteiger partial charge in [-0.15, -0.1) is 0 Å². The molecule has 122 valence electrons. The number of aromatic nitrogens is 1. The van der Waals surface area contributed by atoms with Gasteiger partial charge in [0, 0.05) is 11.4 Å². The predicted molar refractivity (Wildman–Crippen MR) is 96.6 cm³/mol. The normalized spacial score (nSPS) is 22.7. The van der Waals surface area contributed by atoms with E-state index in [-0.39, 0.29) is 11.2 Å². The molecule has 0 unspecified atom stereocenters. The van der Waals surface area contributed by atoms with Crippen molar-refractivity contribution in [3.05, 3.63) is 36.4 Å². The number of benzene rings is 1. The van der Waals surface area contributed by atoms with Crippen molar-refractivity contribution < 1.29 is 4.79 Å². The highest BCUT2D eigenvalue weighted by molar-refractivity contribution is 8.00. The number of carbonyl (C=O) groups is 1. The maximum atomic E-state index is 12.5. The number of para-hydroxylation sites is 1. The monoisotopic (exact) mass is 328 g/mol. The summed E-state index contributed by atoms with van der Waals surface area (Å²) in [6, 6.07) is 12.5. The first-order valence-electron chi connectivity index (χ1n) is 8.46. The van der Waals surface area contributed by atoms with E-state index in [1.807, 2.05) is 31.2 Å². The van der Waals surface area contributed by atoms with Crippen molar-refractivity contribution in [3.8, 4) is 0 Å². The number of amides is 1. The first-order chi connectivity index (χ1) is 11.1. The largest absolute Gasteiger partial charge is 0.352 e. The van der Waals surface area contributed by atoms with Crippen molar-refractivity contribution in [1.82, 2.24) is 10.3 Å². The van der Waals surface area contributed by atoms with Crippen molar-refractivity contribution in [3.63, 3.8) is 0 Å². The smallest absolute Gasteiger partial charge is 0.233 e. The minimum atomic E-state index is -0.127. The molecule has 0 spiro atoms. The van der Waals surface area contributed by atoms with Gasteiger partial charge in [-0.25, -0.2) is 4.98 Å². The number of fused-ring (bicyclic) bond motifs is 1. The van der Waals surface area contributed by atoms with Gasteiger partial charge in [0.05, 0.1) is 15.8 Å². The van der Waals surface area contributed by atoms with E-state index in [1.165, 1.54) is 31.0 Å². The third-order valence-electron chi connectivity index (χ3n) is 4.68. The summed E-state index contributed by atoms with van der Waals surface area (Å²) in [5.74, 6) is 0.715. The molecule has 3 atom stereocenters. The van der Waals surface area contributed by atoms with E-state index in [2.05, 4.69) is 29.4 Å². The summed E-state index contributed by atoms with van der Waals surface area (Å²) < 4.78 is 0. The van der Waals surface area contributed by atoms with E-state index < -0.39 is 0 Å². The number of hydrogen-bond acceptors (Lipinski definition) is 3. The van der Waals surface area contributed by atoms with Gasteiger partial charge < -0.3 is 5.32 Å². The van der Waals surface area contributed by atoms with Crippen LogP contribution in [0.3, 0.4) is 0 Å². The minimum absolute atomic E-state index is 0.127. The third kappa shape index (κ3) is 4.05. The summed E-state index contributed by atoms with van der Waals surface area (Å²) in [5.41, 5.74) is 0.978. The number of nitrogens with one attached hydrogen (secondary N) is 1. The van der Waals surface area contributed by atoms with Crippen LogP contribution in [-0.4, -0.2) is 22.2 Å². The summed E-state index contributed by atoms with van der Waals surface area (Å²) >= 11 is 1.53. The topological polar surface area (TPSA) is 42.0 Å². The molecule has 0 bridgehead atoms. The number of carbonyl (C=O) groups excluding carboxylic acids is 1. The van der Waals surface area contributed by atoms with Crippen LogP contribution < -0.4 is 5.32 Å². The Labute approximate surface area is 142 Å². The van der Waals surface area contributed by atoms with E-state index in [9.17, 15) is 4.79 Å². The highest BCUT2D eigenvalue weighted by Gasteiger charge is 2.25. The Hall–Kier alpha value is -1.55. The number of hydrogen-bond donors (Lipinski definition) is 1. The zero-order valence-corrected chi connectivity index (χ0v) is 14.6. The van der Waals surface area contributed by atoms with Gasteiger partial charge in [-0.05, 0) is 37.8 Å².